The number of rotatable bonds is 8. The smallest absolute Gasteiger partial charge is 0.435 e. The number of hydrogen-bond acceptors (Lipinski definition) is 5. The van der Waals surface area contributed by atoms with Crippen LogP contribution in [-0.2, 0) is 30.4 Å². The van der Waals surface area contributed by atoms with E-state index in [1.54, 1.807) is 0 Å². The fraction of sp³-hybridized carbons (Fsp3) is 0.360. The highest BCUT2D eigenvalue weighted by Gasteiger charge is 2.41. The standard InChI is InChI=1S/C25H24Cl2F3N5O3/c1-34(20(12-21(36)37)15-9-16(26)11-17(27)10-15)24(38)19-13-35(33-22(19)25(28,29)30)8-6-18-5-4-14-3-2-7-31-23(14)32-18/h4-5,9-11,13,20H,2-3,6-8,12H2,1H3,(H,31,32)(H,36,37). The number of amides is 1. The number of aliphatic carboxylic acids is 1. The normalized spacial score (nSPS) is 13.9. The molecule has 8 nitrogen and oxygen atoms in total. The number of carbonyl (C=O) groups excluding carboxylic acids is 1. The molecule has 0 aliphatic carbocycles. The third kappa shape index (κ3) is 6.39. The van der Waals surface area contributed by atoms with Crippen LogP contribution in [0.4, 0.5) is 19.0 Å². The molecule has 1 unspecified atom stereocenters. The van der Waals surface area contributed by atoms with E-state index in [4.69, 9.17) is 23.2 Å². The van der Waals surface area contributed by atoms with Gasteiger partial charge in [0.25, 0.3) is 5.91 Å². The Balaban J connectivity index is 1.60. The molecule has 0 saturated heterocycles. The van der Waals surface area contributed by atoms with Gasteiger partial charge < -0.3 is 15.3 Å². The molecule has 0 bridgehead atoms. The molecule has 0 fully saturated rings. The van der Waals surface area contributed by atoms with Crippen LogP contribution < -0.4 is 5.32 Å². The van der Waals surface area contributed by atoms with Gasteiger partial charge in [-0.25, -0.2) is 4.98 Å². The quantitative estimate of drug-likeness (QED) is 0.372. The van der Waals surface area contributed by atoms with E-state index in [0.29, 0.717) is 12.1 Å². The number of nitrogens with one attached hydrogen (secondary N) is 1. The van der Waals surface area contributed by atoms with Crippen LogP contribution in [0.5, 0.6) is 0 Å². The van der Waals surface area contributed by atoms with Gasteiger partial charge in [0, 0.05) is 48.5 Å². The number of carbonyl (C=O) groups is 2. The van der Waals surface area contributed by atoms with Crippen LogP contribution in [0, 0.1) is 0 Å². The van der Waals surface area contributed by atoms with Crippen molar-refractivity contribution in [3.8, 4) is 0 Å². The molecule has 1 aromatic carbocycles. The molecule has 0 saturated carbocycles. The topological polar surface area (TPSA) is 100 Å². The van der Waals surface area contributed by atoms with Gasteiger partial charge in [-0.3, -0.25) is 14.3 Å². The molecule has 1 amide bonds. The van der Waals surface area contributed by atoms with Gasteiger partial charge >= 0.3 is 12.1 Å². The molecule has 4 rings (SSSR count). The first-order valence-corrected chi connectivity index (χ1v) is 12.5. The first-order chi connectivity index (χ1) is 17.9. The van der Waals surface area contributed by atoms with Gasteiger partial charge in [0.1, 0.15) is 5.82 Å². The van der Waals surface area contributed by atoms with Crippen molar-refractivity contribution in [2.75, 3.05) is 18.9 Å². The van der Waals surface area contributed by atoms with E-state index in [1.807, 2.05) is 12.1 Å². The highest BCUT2D eigenvalue weighted by molar-refractivity contribution is 6.34. The Bertz CT molecular complexity index is 1340. The fourth-order valence-corrected chi connectivity index (χ4v) is 4.92. The van der Waals surface area contributed by atoms with Crippen molar-refractivity contribution in [2.45, 2.75) is 44.4 Å². The number of alkyl halides is 3. The molecular formula is C25H24Cl2F3N5O3. The zero-order valence-electron chi connectivity index (χ0n) is 20.2. The predicted octanol–water partition coefficient (Wildman–Crippen LogP) is 5.49. The van der Waals surface area contributed by atoms with E-state index in [-0.39, 0.29) is 22.2 Å². The fourth-order valence-electron chi connectivity index (χ4n) is 4.38. The lowest BCUT2D eigenvalue weighted by atomic mass is 10.0. The molecule has 1 aliphatic rings. The van der Waals surface area contributed by atoms with E-state index in [9.17, 15) is 27.9 Å². The predicted molar refractivity (Wildman–Crippen MR) is 136 cm³/mol. The average molecular weight is 570 g/mol. The number of carboxylic acids is 1. The van der Waals surface area contributed by atoms with Gasteiger partial charge in [0.2, 0.25) is 0 Å². The highest BCUT2D eigenvalue weighted by Crippen LogP contribution is 2.34. The Morgan fingerprint density at radius 3 is 2.58 bits per heavy atom. The van der Waals surface area contributed by atoms with Gasteiger partial charge in [-0.05, 0) is 48.2 Å². The number of hydrogen-bond donors (Lipinski definition) is 2. The monoisotopic (exact) mass is 569 g/mol. The van der Waals surface area contributed by atoms with Crippen molar-refractivity contribution in [3.05, 3.63) is 74.7 Å². The van der Waals surface area contributed by atoms with E-state index >= 15 is 0 Å². The number of halogens is 5. The summed E-state index contributed by atoms with van der Waals surface area (Å²) in [5.41, 5.74) is -0.0113. The van der Waals surface area contributed by atoms with Gasteiger partial charge in [-0.2, -0.15) is 18.3 Å². The zero-order valence-corrected chi connectivity index (χ0v) is 21.7. The van der Waals surface area contributed by atoms with Crippen molar-refractivity contribution in [1.29, 1.82) is 0 Å². The molecule has 3 heterocycles. The second kappa shape index (κ2) is 11.2. The summed E-state index contributed by atoms with van der Waals surface area (Å²) in [7, 11) is 1.23. The Morgan fingerprint density at radius 2 is 1.92 bits per heavy atom. The van der Waals surface area contributed by atoms with Crippen LogP contribution in [0.25, 0.3) is 0 Å². The molecule has 2 N–H and O–H groups in total. The first kappa shape index (κ1) is 27.7. The molecule has 13 heteroatoms. The van der Waals surface area contributed by atoms with Crippen LogP contribution in [0.3, 0.4) is 0 Å². The van der Waals surface area contributed by atoms with E-state index < -0.39 is 41.8 Å². The second-order valence-corrected chi connectivity index (χ2v) is 9.85. The van der Waals surface area contributed by atoms with E-state index in [1.165, 1.54) is 25.2 Å². The molecule has 0 radical (unpaired) electrons. The van der Waals surface area contributed by atoms with E-state index in [0.717, 1.165) is 46.5 Å². The number of fused-ring (bicyclic) bond motifs is 1. The average Bonchev–Trinajstić information content (AvgIpc) is 3.29. The number of benzene rings is 1. The van der Waals surface area contributed by atoms with Crippen molar-refractivity contribution >= 4 is 40.9 Å². The molecule has 38 heavy (non-hydrogen) atoms. The number of anilines is 1. The summed E-state index contributed by atoms with van der Waals surface area (Å²) in [6.07, 6.45) is -2.25. The van der Waals surface area contributed by atoms with Crippen molar-refractivity contribution in [1.82, 2.24) is 19.7 Å². The Kier molecular flexibility index (Phi) is 8.17. The number of aryl methyl sites for hydroxylation is 3. The highest BCUT2D eigenvalue weighted by atomic mass is 35.5. The number of pyridine rings is 1. The van der Waals surface area contributed by atoms with Crippen molar-refractivity contribution < 1.29 is 27.9 Å². The summed E-state index contributed by atoms with van der Waals surface area (Å²) in [4.78, 5) is 30.3. The van der Waals surface area contributed by atoms with Gasteiger partial charge in [0.05, 0.1) is 18.0 Å². The summed E-state index contributed by atoms with van der Waals surface area (Å²) in [6.45, 7) is 0.856. The molecule has 1 atom stereocenters. The van der Waals surface area contributed by atoms with Crippen LogP contribution in [-0.4, -0.2) is 50.2 Å². The Hall–Kier alpha value is -3.31. The molecule has 1 aliphatic heterocycles. The van der Waals surface area contributed by atoms with Gasteiger partial charge in [0.15, 0.2) is 5.69 Å². The summed E-state index contributed by atoms with van der Waals surface area (Å²) in [6, 6.07) is 6.90. The number of aromatic nitrogens is 3. The summed E-state index contributed by atoms with van der Waals surface area (Å²) >= 11 is 12.1. The van der Waals surface area contributed by atoms with Crippen LogP contribution >= 0.6 is 23.2 Å². The maximum Gasteiger partial charge on any atom is 0.435 e. The second-order valence-electron chi connectivity index (χ2n) is 8.98. The first-order valence-electron chi connectivity index (χ1n) is 11.7. The third-order valence-corrected chi connectivity index (χ3v) is 6.67. The van der Waals surface area contributed by atoms with Gasteiger partial charge in [-0.15, -0.1) is 0 Å². The van der Waals surface area contributed by atoms with Gasteiger partial charge in [-0.1, -0.05) is 29.3 Å². The lowest BCUT2D eigenvalue weighted by Gasteiger charge is -2.28. The SMILES string of the molecule is CN(C(=O)c1cn(CCc2ccc3c(n2)NCCC3)nc1C(F)(F)F)C(CC(=O)O)c1cc(Cl)cc(Cl)c1. The lowest BCUT2D eigenvalue weighted by molar-refractivity contribution is -0.142. The molecule has 0 spiro atoms. The molecule has 202 valence electrons. The molecule has 3 aromatic rings. The minimum atomic E-state index is -4.91. The largest absolute Gasteiger partial charge is 0.481 e. The van der Waals surface area contributed by atoms with Crippen LogP contribution in [0.2, 0.25) is 10.0 Å². The number of nitrogens with zero attached hydrogens (tertiary/aromatic N) is 4. The minimum Gasteiger partial charge on any atom is -0.481 e. The zero-order chi connectivity index (χ0) is 27.6. The van der Waals surface area contributed by atoms with E-state index in [2.05, 4.69) is 15.4 Å². The Morgan fingerprint density at radius 1 is 1.21 bits per heavy atom. The summed E-state index contributed by atoms with van der Waals surface area (Å²) in [5.74, 6) is -1.53. The summed E-state index contributed by atoms with van der Waals surface area (Å²) in [5, 5.41) is 16.7. The maximum absolute atomic E-state index is 13.9. The maximum atomic E-state index is 13.9. The minimum absolute atomic E-state index is 0.0499. The third-order valence-electron chi connectivity index (χ3n) is 6.23. The number of carboxylic acid groups (broad SMARTS) is 1. The molecule has 2 aromatic heterocycles. The molecular weight excluding hydrogens is 546 g/mol. The summed E-state index contributed by atoms with van der Waals surface area (Å²) < 4.78 is 42.7. The Labute approximate surface area is 226 Å². The van der Waals surface area contributed by atoms with Crippen LogP contribution in [0.15, 0.2) is 36.5 Å². The van der Waals surface area contributed by atoms with Crippen LogP contribution in [0.1, 0.15) is 51.8 Å². The van der Waals surface area contributed by atoms with Crippen molar-refractivity contribution in [3.63, 3.8) is 0 Å². The van der Waals surface area contributed by atoms with Crippen molar-refractivity contribution in [2.24, 2.45) is 0 Å². The lowest BCUT2D eigenvalue weighted by Crippen LogP contribution is -2.33.